The minimum Gasteiger partial charge on any atom is -0.465 e. The van der Waals surface area contributed by atoms with Crippen molar-refractivity contribution in [1.82, 2.24) is 25.8 Å². The van der Waals surface area contributed by atoms with Gasteiger partial charge in [0.25, 0.3) is 0 Å². The monoisotopic (exact) mass is 709 g/mol. The number of methoxy groups -OCH3 is 1. The van der Waals surface area contributed by atoms with Crippen LogP contribution in [-0.4, -0.2) is 88.5 Å². The van der Waals surface area contributed by atoms with Crippen LogP contribution in [-0.2, 0) is 27.2 Å². The van der Waals surface area contributed by atoms with Crippen LogP contribution >= 0.6 is 11.3 Å². The molecule has 0 fully saturated rings. The topological polar surface area (TPSA) is 170 Å². The highest BCUT2D eigenvalue weighted by Crippen LogP contribution is 2.26. The predicted octanol–water partition coefficient (Wildman–Crippen LogP) is 5.11. The molecule has 13 heteroatoms. The fraction of sp³-hybridized carbons (Fsp3) is 0.486. The van der Waals surface area contributed by atoms with Gasteiger partial charge in [-0.1, -0.05) is 96.1 Å². The minimum absolute atomic E-state index is 0.0296. The van der Waals surface area contributed by atoms with Crippen LogP contribution in [0.1, 0.15) is 59.1 Å². The van der Waals surface area contributed by atoms with Gasteiger partial charge in [-0.2, -0.15) is 0 Å². The van der Waals surface area contributed by atoms with Crippen LogP contribution < -0.4 is 16.0 Å². The number of nitrogens with zero attached hydrogens (tertiary/aromatic N) is 2. The first-order chi connectivity index (χ1) is 23.4. The molecule has 3 aromatic rings. The molecule has 5 N–H and O–H groups in total. The number of carbonyl (C=O) groups excluding carboxylic acids is 3. The second kappa shape index (κ2) is 17.4. The smallest absolute Gasteiger partial charge is 0.407 e. The summed E-state index contributed by atoms with van der Waals surface area (Å²) in [6.45, 7) is 10.8. The lowest BCUT2D eigenvalue weighted by atomic mass is 9.84. The number of thiazole rings is 1. The largest absolute Gasteiger partial charge is 0.465 e. The summed E-state index contributed by atoms with van der Waals surface area (Å²) < 4.78 is 4.78. The van der Waals surface area contributed by atoms with E-state index < -0.39 is 65.1 Å². The average molecular weight is 710 g/mol. The number of hydrogen-bond donors (Lipinski definition) is 5. The first-order valence-corrected chi connectivity index (χ1v) is 17.4. The number of carbonyl (C=O) groups is 4. The van der Waals surface area contributed by atoms with Gasteiger partial charge in [0, 0.05) is 30.2 Å². The van der Waals surface area contributed by atoms with Crippen molar-refractivity contribution in [2.24, 2.45) is 10.8 Å². The zero-order valence-corrected chi connectivity index (χ0v) is 30.9. The van der Waals surface area contributed by atoms with Crippen molar-refractivity contribution >= 4 is 35.3 Å². The standard InChI is InChI=1S/C37H51N5O7S/c1-36(2,3)29(41-34(46)49-8)31(44)39-26(20-24-14-16-25(17-15-24)33-38-18-19-50-33)22-28(43)27(21-23-12-10-9-11-13-23)40-32(45)30(37(4,5)6)42(7)35(47)48/h9-19,26-30,43H,20-22H2,1-8H3,(H,39,44)(H,40,45)(H,41,46)(H,47,48)/t26-,27-,28-,29+,30+/m0/s1. The molecule has 3 rings (SSSR count). The van der Waals surface area contributed by atoms with Crippen molar-refractivity contribution in [3.8, 4) is 10.6 Å². The van der Waals surface area contributed by atoms with Gasteiger partial charge in [-0.25, -0.2) is 14.6 Å². The number of amides is 4. The maximum atomic E-state index is 13.8. The Morgan fingerprint density at radius 1 is 0.860 bits per heavy atom. The molecule has 0 unspecified atom stereocenters. The number of aromatic nitrogens is 1. The van der Waals surface area contributed by atoms with Crippen LogP contribution in [0, 0.1) is 10.8 Å². The Morgan fingerprint density at radius 2 is 1.48 bits per heavy atom. The third kappa shape index (κ3) is 11.5. The van der Waals surface area contributed by atoms with E-state index in [1.807, 2.05) is 80.7 Å². The first-order valence-electron chi connectivity index (χ1n) is 16.5. The van der Waals surface area contributed by atoms with E-state index in [2.05, 4.69) is 20.9 Å². The van der Waals surface area contributed by atoms with Crippen LogP contribution in [0.15, 0.2) is 66.2 Å². The van der Waals surface area contributed by atoms with Crippen LogP contribution in [0.2, 0.25) is 0 Å². The van der Waals surface area contributed by atoms with Crippen molar-refractivity contribution < 1.29 is 34.1 Å². The maximum absolute atomic E-state index is 13.8. The molecule has 2 aromatic carbocycles. The number of carboxylic acid groups (broad SMARTS) is 1. The van der Waals surface area contributed by atoms with Gasteiger partial charge in [0.1, 0.15) is 17.1 Å². The van der Waals surface area contributed by atoms with Crippen molar-refractivity contribution in [2.45, 2.75) is 91.1 Å². The quantitative estimate of drug-likeness (QED) is 0.154. The van der Waals surface area contributed by atoms with Crippen LogP contribution in [0.5, 0.6) is 0 Å². The highest BCUT2D eigenvalue weighted by atomic mass is 32.1. The van der Waals surface area contributed by atoms with Crippen molar-refractivity contribution in [2.75, 3.05) is 14.2 Å². The van der Waals surface area contributed by atoms with Gasteiger partial charge >= 0.3 is 12.2 Å². The Balaban J connectivity index is 1.96. The highest BCUT2D eigenvalue weighted by molar-refractivity contribution is 7.13. The molecule has 1 heterocycles. The fourth-order valence-corrected chi connectivity index (χ4v) is 6.54. The summed E-state index contributed by atoms with van der Waals surface area (Å²) in [6, 6.07) is 13.6. The molecule has 272 valence electrons. The van der Waals surface area contributed by atoms with E-state index in [0.717, 1.165) is 26.6 Å². The van der Waals surface area contributed by atoms with Crippen molar-refractivity contribution in [3.05, 3.63) is 77.3 Å². The molecule has 0 aliphatic carbocycles. The van der Waals surface area contributed by atoms with Crippen molar-refractivity contribution in [3.63, 3.8) is 0 Å². The van der Waals surface area contributed by atoms with E-state index in [-0.39, 0.29) is 12.8 Å². The summed E-state index contributed by atoms with van der Waals surface area (Å²) in [5, 5.41) is 33.0. The zero-order valence-electron chi connectivity index (χ0n) is 30.1. The summed E-state index contributed by atoms with van der Waals surface area (Å²) >= 11 is 1.52. The number of benzene rings is 2. The summed E-state index contributed by atoms with van der Waals surface area (Å²) in [6.07, 6.45) is -0.827. The van der Waals surface area contributed by atoms with Crippen LogP contribution in [0.4, 0.5) is 9.59 Å². The maximum Gasteiger partial charge on any atom is 0.407 e. The van der Waals surface area contributed by atoms with E-state index in [0.29, 0.717) is 6.42 Å². The van der Waals surface area contributed by atoms with Crippen LogP contribution in [0.3, 0.4) is 0 Å². The molecule has 0 spiro atoms. The van der Waals surface area contributed by atoms with Crippen molar-refractivity contribution in [1.29, 1.82) is 0 Å². The number of aliphatic hydroxyl groups is 1. The molecule has 5 atom stereocenters. The number of alkyl carbamates (subject to hydrolysis) is 1. The third-order valence-electron chi connectivity index (χ3n) is 8.41. The molecular weight excluding hydrogens is 659 g/mol. The minimum atomic E-state index is -1.25. The molecule has 12 nitrogen and oxygen atoms in total. The molecule has 0 aliphatic heterocycles. The zero-order chi connectivity index (χ0) is 37.2. The van der Waals surface area contributed by atoms with Crippen LogP contribution in [0.25, 0.3) is 10.6 Å². The van der Waals surface area contributed by atoms with Gasteiger partial charge in [-0.15, -0.1) is 11.3 Å². The number of likely N-dealkylation sites (N-methyl/N-ethyl adjacent to an activating group) is 1. The lowest BCUT2D eigenvalue weighted by Gasteiger charge is -2.37. The molecular formula is C37H51N5O7S. The first kappa shape index (κ1) is 39.9. The number of ether oxygens (including phenoxy) is 1. The fourth-order valence-electron chi connectivity index (χ4n) is 5.89. The van der Waals surface area contributed by atoms with Gasteiger partial charge < -0.3 is 30.9 Å². The molecule has 4 amide bonds. The highest BCUT2D eigenvalue weighted by Gasteiger charge is 2.39. The molecule has 1 aromatic heterocycles. The van der Waals surface area contributed by atoms with Gasteiger partial charge in [-0.05, 0) is 41.2 Å². The molecule has 0 radical (unpaired) electrons. The van der Waals surface area contributed by atoms with E-state index in [1.54, 1.807) is 27.0 Å². The third-order valence-corrected chi connectivity index (χ3v) is 9.23. The summed E-state index contributed by atoms with van der Waals surface area (Å²) in [7, 11) is 2.57. The summed E-state index contributed by atoms with van der Waals surface area (Å²) in [5.41, 5.74) is 1.25. The molecule has 0 saturated carbocycles. The molecule has 50 heavy (non-hydrogen) atoms. The van der Waals surface area contributed by atoms with E-state index in [9.17, 15) is 29.4 Å². The number of hydrogen-bond acceptors (Lipinski definition) is 8. The Hall–Kier alpha value is -4.49. The Labute approximate surface area is 298 Å². The predicted molar refractivity (Wildman–Crippen MR) is 194 cm³/mol. The number of nitrogens with one attached hydrogen (secondary N) is 3. The lowest BCUT2D eigenvalue weighted by Crippen LogP contribution is -2.59. The van der Waals surface area contributed by atoms with E-state index in [1.165, 1.54) is 25.5 Å². The lowest BCUT2D eigenvalue weighted by molar-refractivity contribution is -0.131. The van der Waals surface area contributed by atoms with Gasteiger partial charge in [-0.3, -0.25) is 14.5 Å². The van der Waals surface area contributed by atoms with Gasteiger partial charge in [0.05, 0.1) is 19.3 Å². The molecule has 0 saturated heterocycles. The Bertz CT molecular complexity index is 1550. The second-order valence-electron chi connectivity index (χ2n) is 14.6. The summed E-state index contributed by atoms with van der Waals surface area (Å²) in [4.78, 5) is 57.1. The molecule has 0 bridgehead atoms. The second-order valence-corrected chi connectivity index (χ2v) is 15.5. The number of aliphatic hydroxyl groups excluding tert-OH is 1. The molecule has 0 aliphatic rings. The Kier molecular flexibility index (Phi) is 13.9. The SMILES string of the molecule is COC(=O)N[C@H](C(=O)N[C@@H](Cc1ccc(-c2nccs2)cc1)C[C@H](O)[C@H](Cc1ccccc1)NC(=O)[C@@H](N(C)C(=O)O)C(C)(C)C)C(C)(C)C. The Morgan fingerprint density at radius 3 is 2.00 bits per heavy atom. The van der Waals surface area contributed by atoms with E-state index in [4.69, 9.17) is 4.74 Å². The average Bonchev–Trinajstić information content (AvgIpc) is 3.58. The van der Waals surface area contributed by atoms with Gasteiger partial charge in [0.2, 0.25) is 11.8 Å². The number of rotatable bonds is 14. The summed E-state index contributed by atoms with van der Waals surface area (Å²) in [5.74, 6) is -1.00. The normalized spacial score (nSPS) is 14.7. The van der Waals surface area contributed by atoms with E-state index >= 15 is 0 Å². The van der Waals surface area contributed by atoms with Gasteiger partial charge in [0.15, 0.2) is 0 Å².